The fourth-order valence-corrected chi connectivity index (χ4v) is 7.82. The van der Waals surface area contributed by atoms with Crippen LogP contribution in [0.5, 0.6) is 0 Å². The number of benzene rings is 7. The van der Waals surface area contributed by atoms with E-state index >= 15 is 0 Å². The van der Waals surface area contributed by atoms with E-state index in [1.165, 1.54) is 52.8 Å². The monoisotopic (exact) mass is 552 g/mol. The maximum absolute atomic E-state index is 7.19. The van der Waals surface area contributed by atoms with Crippen molar-refractivity contribution in [1.82, 2.24) is 0 Å². The van der Waals surface area contributed by atoms with Crippen molar-refractivity contribution in [2.75, 3.05) is 0 Å². The minimum absolute atomic E-state index is 0.922. The third-order valence-corrected chi connectivity index (χ3v) is 9.62. The van der Waals surface area contributed by atoms with Crippen LogP contribution in [0.15, 0.2) is 150 Å². The summed E-state index contributed by atoms with van der Waals surface area (Å²) in [6, 6.07) is 52.2. The summed E-state index contributed by atoms with van der Waals surface area (Å²) in [5.74, 6) is 0.922. The van der Waals surface area contributed by atoms with Gasteiger partial charge in [-0.1, -0.05) is 127 Å². The minimum Gasteiger partial charge on any atom is -0.455 e. The van der Waals surface area contributed by atoms with E-state index in [1.807, 2.05) is 11.3 Å². The van der Waals surface area contributed by atoms with Gasteiger partial charge in [0.1, 0.15) is 11.3 Å². The van der Waals surface area contributed by atoms with Crippen LogP contribution in [0.2, 0.25) is 0 Å². The van der Waals surface area contributed by atoms with Gasteiger partial charge in [-0.2, -0.15) is 0 Å². The maximum atomic E-state index is 7.19. The van der Waals surface area contributed by atoms with Crippen LogP contribution in [0.4, 0.5) is 0 Å². The quantitative estimate of drug-likeness (QED) is 0.199. The zero-order valence-corrected chi connectivity index (χ0v) is 23.5. The number of fused-ring (bicyclic) bond motifs is 7. The normalized spacial score (nSPS) is 11.8. The molecule has 0 aliphatic heterocycles. The van der Waals surface area contributed by atoms with Crippen LogP contribution in [-0.2, 0) is 0 Å². The molecule has 0 aliphatic carbocycles. The van der Waals surface area contributed by atoms with Gasteiger partial charge in [0.25, 0.3) is 0 Å². The second-order valence-electron chi connectivity index (χ2n) is 10.8. The average Bonchev–Trinajstić information content (AvgIpc) is 3.63. The third kappa shape index (κ3) is 3.36. The smallest absolute Gasteiger partial charge is 0.144 e. The molecule has 0 aliphatic rings. The van der Waals surface area contributed by atoms with E-state index < -0.39 is 0 Å². The van der Waals surface area contributed by atoms with Crippen LogP contribution in [-0.4, -0.2) is 0 Å². The Hall–Kier alpha value is -5.18. The summed E-state index contributed by atoms with van der Waals surface area (Å²) in [5.41, 5.74) is 6.88. The number of furan rings is 1. The molecule has 2 heteroatoms. The standard InChI is InChI=1S/C40H24OS/c1-3-13-25(14-4-1)35-27-17-7-9-19-29(27)37(30-20-10-8-18-28(30)35)40-36(26-15-5-2-6-16-26)32-23-24-34-38(39(32)41-40)31-21-11-12-22-33(31)42-34/h1-24H. The molecule has 196 valence electrons. The second kappa shape index (κ2) is 9.17. The van der Waals surface area contributed by atoms with Gasteiger partial charge in [-0.15, -0.1) is 11.3 Å². The maximum Gasteiger partial charge on any atom is 0.144 e. The van der Waals surface area contributed by atoms with Gasteiger partial charge in [-0.25, -0.2) is 0 Å². The van der Waals surface area contributed by atoms with Crippen molar-refractivity contribution in [2.45, 2.75) is 0 Å². The predicted octanol–water partition coefficient (Wildman–Crippen LogP) is 12.1. The molecule has 0 bridgehead atoms. The molecule has 7 aromatic carbocycles. The first-order chi connectivity index (χ1) is 20.9. The molecular weight excluding hydrogens is 529 g/mol. The molecule has 0 unspecified atom stereocenters. The van der Waals surface area contributed by atoms with Crippen molar-refractivity contribution in [2.24, 2.45) is 0 Å². The number of hydrogen-bond donors (Lipinski definition) is 0. The molecule has 0 radical (unpaired) electrons. The summed E-state index contributed by atoms with van der Waals surface area (Å²) in [4.78, 5) is 0. The Balaban J connectivity index is 1.50. The lowest BCUT2D eigenvalue weighted by molar-refractivity contribution is 0.637. The molecule has 0 amide bonds. The van der Waals surface area contributed by atoms with Gasteiger partial charge in [0.2, 0.25) is 0 Å². The van der Waals surface area contributed by atoms with Gasteiger partial charge in [0.05, 0.1) is 0 Å². The van der Waals surface area contributed by atoms with E-state index in [4.69, 9.17) is 4.42 Å². The van der Waals surface area contributed by atoms with E-state index in [-0.39, 0.29) is 0 Å². The molecular formula is C40H24OS. The van der Waals surface area contributed by atoms with Gasteiger partial charge in [0, 0.05) is 36.7 Å². The Morgan fingerprint density at radius 1 is 0.357 bits per heavy atom. The Labute approximate surface area is 246 Å². The Kier molecular flexibility index (Phi) is 5.13. The molecule has 9 aromatic rings. The van der Waals surface area contributed by atoms with Gasteiger partial charge >= 0.3 is 0 Å². The van der Waals surface area contributed by atoms with E-state index in [1.54, 1.807) is 0 Å². The Morgan fingerprint density at radius 2 is 0.857 bits per heavy atom. The molecule has 0 spiro atoms. The SMILES string of the molecule is c1ccc(-c2c3ccccc3c(-c3oc4c(ccc5sc6ccccc6c54)c3-c3ccccc3)c3ccccc23)cc1. The van der Waals surface area contributed by atoms with Crippen molar-refractivity contribution in [1.29, 1.82) is 0 Å². The van der Waals surface area contributed by atoms with Crippen LogP contribution in [0.3, 0.4) is 0 Å². The topological polar surface area (TPSA) is 13.1 Å². The van der Waals surface area contributed by atoms with Gasteiger partial charge in [-0.3, -0.25) is 0 Å². The lowest BCUT2D eigenvalue weighted by Gasteiger charge is -2.17. The number of hydrogen-bond acceptors (Lipinski definition) is 2. The molecule has 1 nitrogen and oxygen atoms in total. The van der Waals surface area contributed by atoms with E-state index in [9.17, 15) is 0 Å². The first-order valence-electron chi connectivity index (χ1n) is 14.3. The highest BCUT2D eigenvalue weighted by molar-refractivity contribution is 7.26. The average molecular weight is 553 g/mol. The summed E-state index contributed by atoms with van der Waals surface area (Å²) in [7, 11) is 0. The molecule has 0 atom stereocenters. The number of thiophene rings is 1. The molecule has 2 heterocycles. The third-order valence-electron chi connectivity index (χ3n) is 8.48. The highest BCUT2D eigenvalue weighted by Gasteiger charge is 2.25. The summed E-state index contributed by atoms with van der Waals surface area (Å²) >= 11 is 1.83. The zero-order chi connectivity index (χ0) is 27.6. The minimum atomic E-state index is 0.922. The van der Waals surface area contributed by atoms with Crippen LogP contribution in [0, 0.1) is 0 Å². The molecule has 42 heavy (non-hydrogen) atoms. The Morgan fingerprint density at radius 3 is 1.48 bits per heavy atom. The highest BCUT2D eigenvalue weighted by atomic mass is 32.1. The van der Waals surface area contributed by atoms with E-state index in [0.717, 1.165) is 33.4 Å². The zero-order valence-electron chi connectivity index (χ0n) is 22.7. The number of rotatable bonds is 3. The fourth-order valence-electron chi connectivity index (χ4n) is 6.72. The lowest BCUT2D eigenvalue weighted by Crippen LogP contribution is -1.91. The van der Waals surface area contributed by atoms with Crippen LogP contribution < -0.4 is 0 Å². The van der Waals surface area contributed by atoms with Crippen molar-refractivity contribution in [3.05, 3.63) is 146 Å². The van der Waals surface area contributed by atoms with Crippen LogP contribution in [0.25, 0.3) is 86.3 Å². The Bertz CT molecular complexity index is 2390. The van der Waals surface area contributed by atoms with Crippen molar-refractivity contribution in [3.63, 3.8) is 0 Å². The molecule has 0 saturated carbocycles. The summed E-state index contributed by atoms with van der Waals surface area (Å²) in [5, 5.41) is 8.43. The second-order valence-corrected chi connectivity index (χ2v) is 11.9. The lowest BCUT2D eigenvalue weighted by atomic mass is 9.86. The fraction of sp³-hybridized carbons (Fsp3) is 0. The van der Waals surface area contributed by atoms with Gasteiger partial charge in [-0.05, 0) is 56.4 Å². The molecule has 0 saturated heterocycles. The van der Waals surface area contributed by atoms with E-state index in [0.29, 0.717) is 0 Å². The van der Waals surface area contributed by atoms with Crippen LogP contribution >= 0.6 is 11.3 Å². The summed E-state index contributed by atoms with van der Waals surface area (Å²) < 4.78 is 9.72. The highest BCUT2D eigenvalue weighted by Crippen LogP contribution is 2.51. The molecule has 9 rings (SSSR count). The summed E-state index contributed by atoms with van der Waals surface area (Å²) in [6.07, 6.45) is 0. The molecule has 2 aromatic heterocycles. The molecule has 0 fully saturated rings. The molecule has 0 N–H and O–H groups in total. The predicted molar refractivity (Wildman–Crippen MR) is 180 cm³/mol. The first-order valence-corrected chi connectivity index (χ1v) is 15.1. The van der Waals surface area contributed by atoms with Crippen molar-refractivity contribution >= 4 is 64.0 Å². The van der Waals surface area contributed by atoms with Crippen LogP contribution in [0.1, 0.15) is 0 Å². The summed E-state index contributed by atoms with van der Waals surface area (Å²) in [6.45, 7) is 0. The first kappa shape index (κ1) is 23.5. The van der Waals surface area contributed by atoms with Crippen molar-refractivity contribution < 1.29 is 4.42 Å². The van der Waals surface area contributed by atoms with Gasteiger partial charge in [0.15, 0.2) is 0 Å². The van der Waals surface area contributed by atoms with E-state index in [2.05, 4.69) is 146 Å². The van der Waals surface area contributed by atoms with Crippen molar-refractivity contribution in [3.8, 4) is 33.6 Å². The van der Waals surface area contributed by atoms with Gasteiger partial charge < -0.3 is 4.42 Å². The largest absolute Gasteiger partial charge is 0.455 e.